The predicted octanol–water partition coefficient (Wildman–Crippen LogP) is 2.38. The molecule has 0 unspecified atom stereocenters. The van der Waals surface area contributed by atoms with Crippen molar-refractivity contribution < 1.29 is 13.2 Å². The summed E-state index contributed by atoms with van der Waals surface area (Å²) in [5.41, 5.74) is 3.64. The normalized spacial score (nSPS) is 18.7. The second-order valence-corrected chi connectivity index (χ2v) is 10.00. The zero-order valence-electron chi connectivity index (χ0n) is 17.5. The van der Waals surface area contributed by atoms with Gasteiger partial charge in [-0.1, -0.05) is 18.2 Å². The third-order valence-electron chi connectivity index (χ3n) is 5.76. The van der Waals surface area contributed by atoms with Crippen molar-refractivity contribution in [2.75, 3.05) is 47.7 Å². The molecule has 3 heterocycles. The highest BCUT2D eigenvalue weighted by Gasteiger charge is 2.33. The van der Waals surface area contributed by atoms with Crippen LogP contribution in [0.2, 0.25) is 0 Å². The summed E-state index contributed by atoms with van der Waals surface area (Å²) in [6.45, 7) is 10.9. The number of sulfonamides is 1. The number of carbonyl (C=O) groups excluding carboxylic acids is 1. The molecule has 1 aromatic heterocycles. The van der Waals surface area contributed by atoms with Crippen LogP contribution in [0.5, 0.6) is 0 Å². The Labute approximate surface area is 178 Å². The number of pyridine rings is 1. The average Bonchev–Trinajstić information content (AvgIpc) is 3.06. The Balaban J connectivity index is 1.55. The molecule has 7 nitrogen and oxygen atoms in total. The van der Waals surface area contributed by atoms with Gasteiger partial charge in [0.1, 0.15) is 5.82 Å². The van der Waals surface area contributed by atoms with E-state index in [0.29, 0.717) is 56.0 Å². The molecule has 1 aromatic carbocycles. The Hall–Kier alpha value is -2.61. The molecule has 0 atom stereocenters. The van der Waals surface area contributed by atoms with Gasteiger partial charge in [-0.15, -0.1) is 0 Å². The third-order valence-corrected chi connectivity index (χ3v) is 7.62. The van der Waals surface area contributed by atoms with E-state index in [1.165, 1.54) is 4.31 Å². The molecule has 0 bridgehead atoms. The maximum Gasteiger partial charge on any atom is 0.256 e. The van der Waals surface area contributed by atoms with Crippen molar-refractivity contribution in [3.8, 4) is 0 Å². The smallest absolute Gasteiger partial charge is 0.256 e. The number of anilines is 2. The molecule has 2 aliphatic heterocycles. The van der Waals surface area contributed by atoms with Crippen LogP contribution in [0.1, 0.15) is 33.5 Å². The molecule has 0 saturated carbocycles. The van der Waals surface area contributed by atoms with Crippen molar-refractivity contribution in [3.05, 3.63) is 59.6 Å². The predicted molar refractivity (Wildman–Crippen MR) is 118 cm³/mol. The van der Waals surface area contributed by atoms with E-state index in [-0.39, 0.29) is 11.7 Å². The number of hydrogen-bond donors (Lipinski definition) is 0. The first-order chi connectivity index (χ1) is 14.3. The first-order valence-electron chi connectivity index (χ1n) is 10.2. The minimum atomic E-state index is -3.38. The molecule has 1 amide bonds. The molecule has 0 N–H and O–H groups in total. The van der Waals surface area contributed by atoms with Gasteiger partial charge in [0.2, 0.25) is 10.0 Å². The fourth-order valence-electron chi connectivity index (χ4n) is 4.27. The van der Waals surface area contributed by atoms with Crippen LogP contribution < -0.4 is 9.21 Å². The molecule has 1 radical (unpaired) electrons. The molecule has 0 spiro atoms. The minimum absolute atomic E-state index is 0.115. The maximum absolute atomic E-state index is 13.4. The molecule has 2 aliphatic rings. The largest absolute Gasteiger partial charge is 0.353 e. The molecular weight excluding hydrogens is 400 g/mol. The molecule has 30 heavy (non-hydrogen) atoms. The lowest BCUT2D eigenvalue weighted by atomic mass is 10.0. The van der Waals surface area contributed by atoms with Gasteiger partial charge in [0.15, 0.2) is 0 Å². The van der Waals surface area contributed by atoms with Crippen LogP contribution in [0.3, 0.4) is 0 Å². The second kappa shape index (κ2) is 7.91. The van der Waals surface area contributed by atoms with Crippen molar-refractivity contribution >= 4 is 27.4 Å². The monoisotopic (exact) mass is 427 g/mol. The maximum atomic E-state index is 13.4. The third kappa shape index (κ3) is 3.76. The van der Waals surface area contributed by atoms with E-state index >= 15 is 0 Å². The summed E-state index contributed by atoms with van der Waals surface area (Å²) in [5.74, 6) is 0.906. The summed E-state index contributed by atoms with van der Waals surface area (Å²) in [6.07, 6.45) is 2.43. The fraction of sp³-hybridized carbons (Fsp3) is 0.409. The zero-order chi connectivity index (χ0) is 21.5. The van der Waals surface area contributed by atoms with Crippen molar-refractivity contribution in [1.82, 2.24) is 9.88 Å². The van der Waals surface area contributed by atoms with Crippen LogP contribution in [-0.4, -0.2) is 62.7 Å². The van der Waals surface area contributed by atoms with Crippen LogP contribution >= 0.6 is 0 Å². The van der Waals surface area contributed by atoms with Crippen molar-refractivity contribution in [2.24, 2.45) is 0 Å². The summed E-state index contributed by atoms with van der Waals surface area (Å²) in [4.78, 5) is 21.9. The fourth-order valence-corrected chi connectivity index (χ4v) is 5.84. The second-order valence-electron chi connectivity index (χ2n) is 7.99. The van der Waals surface area contributed by atoms with Gasteiger partial charge in [-0.25, -0.2) is 13.4 Å². The number of aryl methyl sites for hydroxylation is 2. The first kappa shape index (κ1) is 20.7. The van der Waals surface area contributed by atoms with E-state index in [0.717, 1.165) is 16.9 Å². The van der Waals surface area contributed by atoms with Gasteiger partial charge in [0.05, 0.1) is 17.0 Å². The van der Waals surface area contributed by atoms with Gasteiger partial charge >= 0.3 is 0 Å². The van der Waals surface area contributed by atoms with Gasteiger partial charge in [-0.2, -0.15) is 0 Å². The quantitative estimate of drug-likeness (QED) is 0.752. The number of aromatic nitrogens is 1. The molecule has 0 aliphatic carbocycles. The summed E-state index contributed by atoms with van der Waals surface area (Å²) >= 11 is 0. The topological polar surface area (TPSA) is 73.8 Å². The number of hydrogen-bond acceptors (Lipinski definition) is 5. The van der Waals surface area contributed by atoms with Gasteiger partial charge < -0.3 is 9.80 Å². The SMILES string of the molecule is [CH2]c1cccc(N2CCCS2(=O)=O)c1C(=O)N1CCN(c2ncc(C)cc2C)CC1. The Kier molecular flexibility index (Phi) is 5.44. The number of nitrogens with zero attached hydrogens (tertiary/aromatic N) is 4. The molecule has 159 valence electrons. The highest BCUT2D eigenvalue weighted by atomic mass is 32.2. The average molecular weight is 428 g/mol. The highest BCUT2D eigenvalue weighted by Crippen LogP contribution is 2.31. The van der Waals surface area contributed by atoms with Crippen LogP contribution in [0.25, 0.3) is 0 Å². The Morgan fingerprint density at radius 1 is 1.10 bits per heavy atom. The van der Waals surface area contributed by atoms with E-state index < -0.39 is 10.0 Å². The van der Waals surface area contributed by atoms with Crippen LogP contribution in [0.15, 0.2) is 30.5 Å². The summed E-state index contributed by atoms with van der Waals surface area (Å²) in [7, 11) is -3.38. The van der Waals surface area contributed by atoms with Crippen molar-refractivity contribution in [2.45, 2.75) is 20.3 Å². The van der Waals surface area contributed by atoms with Gasteiger partial charge in [0.25, 0.3) is 5.91 Å². The van der Waals surface area contributed by atoms with Crippen molar-refractivity contribution in [1.29, 1.82) is 0 Å². The zero-order valence-corrected chi connectivity index (χ0v) is 18.3. The lowest BCUT2D eigenvalue weighted by Crippen LogP contribution is -2.49. The number of amides is 1. The lowest BCUT2D eigenvalue weighted by Gasteiger charge is -2.36. The van der Waals surface area contributed by atoms with E-state index in [1.54, 1.807) is 23.1 Å². The minimum Gasteiger partial charge on any atom is -0.353 e. The van der Waals surface area contributed by atoms with E-state index in [4.69, 9.17) is 0 Å². The molecule has 2 saturated heterocycles. The van der Waals surface area contributed by atoms with Crippen LogP contribution in [-0.2, 0) is 10.0 Å². The standard InChI is InChI=1S/C22H27N4O3S/c1-16-14-18(3)21(23-15-16)24-9-11-25(12-10-24)22(27)20-17(2)6-4-7-19(20)26-8-5-13-30(26,28)29/h4,6-7,14-15H,2,5,8-13H2,1,3H3. The molecular formula is C22H27N4O3S. The number of carbonyl (C=O) groups is 1. The summed E-state index contributed by atoms with van der Waals surface area (Å²) in [6, 6.07) is 7.34. The Morgan fingerprint density at radius 3 is 2.47 bits per heavy atom. The van der Waals surface area contributed by atoms with E-state index in [1.807, 2.05) is 13.1 Å². The molecule has 2 fully saturated rings. The van der Waals surface area contributed by atoms with E-state index in [2.05, 4.69) is 29.8 Å². The summed E-state index contributed by atoms with van der Waals surface area (Å²) < 4.78 is 26.3. The van der Waals surface area contributed by atoms with Gasteiger partial charge in [0, 0.05) is 38.9 Å². The number of rotatable bonds is 3. The van der Waals surface area contributed by atoms with Gasteiger partial charge in [-0.05, 0) is 49.9 Å². The lowest BCUT2D eigenvalue weighted by molar-refractivity contribution is 0.0747. The first-order valence-corrected chi connectivity index (χ1v) is 11.8. The highest BCUT2D eigenvalue weighted by molar-refractivity contribution is 7.93. The molecule has 8 heteroatoms. The number of benzene rings is 1. The summed E-state index contributed by atoms with van der Waals surface area (Å²) in [5, 5.41) is 0. The molecule has 2 aromatic rings. The number of piperazine rings is 1. The van der Waals surface area contributed by atoms with Crippen LogP contribution in [0.4, 0.5) is 11.5 Å². The van der Waals surface area contributed by atoms with E-state index in [9.17, 15) is 13.2 Å². The van der Waals surface area contributed by atoms with Crippen molar-refractivity contribution in [3.63, 3.8) is 0 Å². The van der Waals surface area contributed by atoms with Crippen LogP contribution in [0, 0.1) is 20.8 Å². The Bertz CT molecular complexity index is 1080. The van der Waals surface area contributed by atoms with Gasteiger partial charge in [-0.3, -0.25) is 9.10 Å². The molecule has 4 rings (SSSR count). The Morgan fingerprint density at radius 2 is 1.83 bits per heavy atom.